The van der Waals surface area contributed by atoms with Crippen LogP contribution in [-0.4, -0.2) is 47.5 Å². The second kappa shape index (κ2) is 11.3. The molecule has 0 spiro atoms. The van der Waals surface area contributed by atoms with Crippen molar-refractivity contribution < 1.29 is 23.8 Å². The highest BCUT2D eigenvalue weighted by Crippen LogP contribution is 2.49. The minimum absolute atomic E-state index is 0.0895. The molecule has 1 fully saturated rings. The van der Waals surface area contributed by atoms with Crippen molar-refractivity contribution in [1.29, 1.82) is 0 Å². The number of rotatable bonds is 8. The minimum atomic E-state index is -1.69. The Kier molecular flexibility index (Phi) is 9.02. The average Bonchev–Trinajstić information content (AvgIpc) is 3.03. The summed E-state index contributed by atoms with van der Waals surface area (Å²) >= 11 is 12.2. The van der Waals surface area contributed by atoms with Crippen molar-refractivity contribution in [2.75, 3.05) is 13.2 Å². The summed E-state index contributed by atoms with van der Waals surface area (Å²) in [6, 6.07) is 7.07. The molecule has 1 saturated heterocycles. The van der Waals surface area contributed by atoms with Gasteiger partial charge in [0.25, 0.3) is 0 Å². The molecule has 10 heteroatoms. The Labute approximate surface area is 220 Å². The van der Waals surface area contributed by atoms with Gasteiger partial charge in [-0.15, -0.1) is 0 Å². The third-order valence-electron chi connectivity index (χ3n) is 6.54. The van der Waals surface area contributed by atoms with E-state index in [1.807, 2.05) is 20.8 Å². The maximum atomic E-state index is 15.4. The maximum Gasteiger partial charge on any atom is 0.237 e. The number of carbonyl (C=O) groups is 1. The summed E-state index contributed by atoms with van der Waals surface area (Å²) in [5.41, 5.74) is 5.24. The smallest absolute Gasteiger partial charge is 0.237 e. The largest absolute Gasteiger partial charge is 0.394 e. The van der Waals surface area contributed by atoms with Gasteiger partial charge in [-0.2, -0.15) is 0 Å². The number of hydrogen-bond donors (Lipinski definition) is 5. The second-order valence-corrected chi connectivity index (χ2v) is 11.5. The first-order chi connectivity index (χ1) is 16.8. The lowest BCUT2D eigenvalue weighted by molar-refractivity contribution is -0.123. The van der Waals surface area contributed by atoms with Crippen molar-refractivity contribution in [2.24, 2.45) is 11.1 Å². The zero-order valence-corrected chi connectivity index (χ0v) is 22.0. The number of aliphatic hydroxyl groups is 2. The molecule has 0 saturated carbocycles. The van der Waals surface area contributed by atoms with Crippen LogP contribution in [0.3, 0.4) is 0 Å². The fourth-order valence-corrected chi connectivity index (χ4v) is 5.42. The van der Waals surface area contributed by atoms with Gasteiger partial charge in [0.05, 0.1) is 24.3 Å². The predicted octanol–water partition coefficient (Wildman–Crippen LogP) is 3.85. The number of halogens is 4. The maximum absolute atomic E-state index is 15.4. The van der Waals surface area contributed by atoms with Crippen LogP contribution >= 0.6 is 23.2 Å². The van der Waals surface area contributed by atoms with Gasteiger partial charge in [0.1, 0.15) is 11.6 Å². The van der Waals surface area contributed by atoms with Crippen LogP contribution in [0.15, 0.2) is 36.4 Å². The first kappa shape index (κ1) is 28.8. The van der Waals surface area contributed by atoms with Crippen LogP contribution in [0.1, 0.15) is 50.7 Å². The van der Waals surface area contributed by atoms with Gasteiger partial charge >= 0.3 is 0 Å². The van der Waals surface area contributed by atoms with E-state index in [1.54, 1.807) is 24.3 Å². The average molecular weight is 544 g/mol. The summed E-state index contributed by atoms with van der Waals surface area (Å²) in [5.74, 6) is -3.16. The van der Waals surface area contributed by atoms with Gasteiger partial charge in [0.2, 0.25) is 5.91 Å². The van der Waals surface area contributed by atoms with E-state index in [1.165, 1.54) is 0 Å². The van der Waals surface area contributed by atoms with Crippen LogP contribution in [0.2, 0.25) is 10.0 Å². The van der Waals surface area contributed by atoms with Crippen molar-refractivity contribution in [3.63, 3.8) is 0 Å². The Morgan fingerprint density at radius 3 is 2.39 bits per heavy atom. The van der Waals surface area contributed by atoms with E-state index in [-0.39, 0.29) is 29.0 Å². The Hall–Kier alpha value is -1.81. The lowest BCUT2D eigenvalue weighted by atomic mass is 9.68. The van der Waals surface area contributed by atoms with Crippen molar-refractivity contribution in [1.82, 2.24) is 10.6 Å². The lowest BCUT2D eigenvalue weighted by Crippen LogP contribution is -2.53. The summed E-state index contributed by atoms with van der Waals surface area (Å²) < 4.78 is 30.9. The topological polar surface area (TPSA) is 108 Å². The van der Waals surface area contributed by atoms with Gasteiger partial charge < -0.3 is 26.6 Å². The fraction of sp³-hybridized carbons (Fsp3) is 0.500. The summed E-state index contributed by atoms with van der Waals surface area (Å²) in [7, 11) is 0. The Balaban J connectivity index is 2.17. The molecule has 36 heavy (non-hydrogen) atoms. The third kappa shape index (κ3) is 6.18. The summed E-state index contributed by atoms with van der Waals surface area (Å²) in [4.78, 5) is 13.4. The molecule has 6 N–H and O–H groups in total. The van der Waals surface area contributed by atoms with E-state index in [0.29, 0.717) is 17.0 Å². The number of amides is 1. The lowest BCUT2D eigenvalue weighted by Gasteiger charge is -2.40. The van der Waals surface area contributed by atoms with E-state index >= 15 is 8.78 Å². The van der Waals surface area contributed by atoms with Gasteiger partial charge in [0.15, 0.2) is 0 Å². The van der Waals surface area contributed by atoms with E-state index in [4.69, 9.17) is 34.0 Å². The van der Waals surface area contributed by atoms with Crippen LogP contribution < -0.4 is 16.4 Å². The summed E-state index contributed by atoms with van der Waals surface area (Å²) in [5, 5.41) is 25.0. The Morgan fingerprint density at radius 1 is 1.19 bits per heavy atom. The third-order valence-corrected chi connectivity index (χ3v) is 6.99. The van der Waals surface area contributed by atoms with Gasteiger partial charge in [0, 0.05) is 34.1 Å². The molecule has 0 radical (unpaired) electrons. The molecule has 0 aromatic heterocycles. The highest BCUT2D eigenvalue weighted by molar-refractivity contribution is 6.30. The molecule has 1 heterocycles. The van der Waals surface area contributed by atoms with Crippen LogP contribution in [0.5, 0.6) is 0 Å². The molecule has 1 aliphatic rings. The summed E-state index contributed by atoms with van der Waals surface area (Å²) in [6.07, 6.45) is -0.448. The van der Waals surface area contributed by atoms with Gasteiger partial charge in [-0.25, -0.2) is 8.78 Å². The van der Waals surface area contributed by atoms with E-state index in [2.05, 4.69) is 10.6 Å². The Bertz CT molecular complexity index is 1080. The minimum Gasteiger partial charge on any atom is -0.394 e. The van der Waals surface area contributed by atoms with Gasteiger partial charge in [-0.3, -0.25) is 4.79 Å². The molecule has 5 atom stereocenters. The molecule has 3 rings (SSSR count). The van der Waals surface area contributed by atoms with Gasteiger partial charge in [-0.05, 0) is 48.1 Å². The molecule has 5 unspecified atom stereocenters. The highest BCUT2D eigenvalue weighted by atomic mass is 35.5. The molecule has 0 aliphatic carbocycles. The van der Waals surface area contributed by atoms with Crippen LogP contribution in [0.25, 0.3) is 0 Å². The Morgan fingerprint density at radius 2 is 1.83 bits per heavy atom. The normalized spacial score (nSPS) is 25.1. The molecular formula is C26H33Cl2F2N3O3. The van der Waals surface area contributed by atoms with Gasteiger partial charge in [-0.1, -0.05) is 56.1 Å². The number of carbonyl (C=O) groups excluding carboxylic acids is 1. The molecular weight excluding hydrogens is 511 g/mol. The van der Waals surface area contributed by atoms with Crippen molar-refractivity contribution in [2.45, 2.75) is 63.3 Å². The SMILES string of the molecule is CC(C)(C)CC1NC(C(=O)NCCC(O)CO)C(c2cccc(Cl)c2)C1(N)c1c(F)cc(Cl)cc1F. The van der Waals surface area contributed by atoms with E-state index < -0.39 is 53.8 Å². The van der Waals surface area contributed by atoms with Crippen molar-refractivity contribution in [3.8, 4) is 0 Å². The van der Waals surface area contributed by atoms with Crippen molar-refractivity contribution in [3.05, 3.63) is 69.2 Å². The highest BCUT2D eigenvalue weighted by Gasteiger charge is 2.58. The first-order valence-electron chi connectivity index (χ1n) is 11.8. The van der Waals surface area contributed by atoms with E-state index in [9.17, 15) is 9.90 Å². The molecule has 6 nitrogen and oxygen atoms in total. The molecule has 2 aromatic rings. The molecule has 1 aliphatic heterocycles. The molecule has 2 aromatic carbocycles. The van der Waals surface area contributed by atoms with E-state index in [0.717, 1.165) is 12.1 Å². The van der Waals surface area contributed by atoms with Crippen molar-refractivity contribution >= 4 is 29.1 Å². The predicted molar refractivity (Wildman–Crippen MR) is 137 cm³/mol. The first-order valence-corrected chi connectivity index (χ1v) is 12.6. The quantitative estimate of drug-likeness (QED) is 0.347. The number of aliphatic hydroxyl groups excluding tert-OH is 2. The molecule has 1 amide bonds. The van der Waals surface area contributed by atoms with Crippen LogP contribution in [0.4, 0.5) is 8.78 Å². The second-order valence-electron chi connectivity index (χ2n) is 10.6. The number of nitrogens with one attached hydrogen (secondary N) is 2. The monoisotopic (exact) mass is 543 g/mol. The standard InChI is InChI=1S/C26H33Cl2F2N3O3/c1-25(2,3)12-20-26(31,22-18(29)10-16(28)11-19(22)30)21(14-5-4-6-15(27)9-14)23(33-20)24(36)32-8-7-17(35)13-34/h4-6,9-11,17,20-21,23,33-35H,7-8,12-13,31H2,1-3H3,(H,32,36). The summed E-state index contributed by atoms with van der Waals surface area (Å²) in [6.45, 7) is 5.58. The zero-order chi connectivity index (χ0) is 26.8. The van der Waals surface area contributed by atoms with Crippen LogP contribution in [0, 0.1) is 17.0 Å². The van der Waals surface area contributed by atoms with Crippen LogP contribution in [-0.2, 0) is 10.3 Å². The fourth-order valence-electron chi connectivity index (χ4n) is 5.03. The number of nitrogens with two attached hydrogens (primary N) is 1. The number of benzene rings is 2. The molecule has 0 bridgehead atoms. The number of hydrogen-bond acceptors (Lipinski definition) is 5. The molecule has 198 valence electrons. The zero-order valence-electron chi connectivity index (χ0n) is 20.5.